The fourth-order valence-corrected chi connectivity index (χ4v) is 0.519. The van der Waals surface area contributed by atoms with Crippen molar-refractivity contribution in [2.24, 2.45) is 0 Å². The van der Waals surface area contributed by atoms with Gasteiger partial charge in [-0.3, -0.25) is 0 Å². The molecule has 0 heterocycles. The zero-order valence-electron chi connectivity index (χ0n) is 7.73. The molecule has 0 unspecified atom stereocenters. The Balaban J connectivity index is 3.52. The van der Waals surface area contributed by atoms with Crippen LogP contribution in [0, 0.1) is 0 Å². The first-order chi connectivity index (χ1) is 5.77. The first-order valence-electron chi connectivity index (χ1n) is 4.03. The van der Waals surface area contributed by atoms with Crippen LogP contribution in [0.1, 0.15) is 13.8 Å². The Labute approximate surface area is 79.6 Å². The summed E-state index contributed by atoms with van der Waals surface area (Å²) in [6.45, 7) is 15.2. The van der Waals surface area contributed by atoms with E-state index in [1.54, 1.807) is 13.7 Å². The summed E-state index contributed by atoms with van der Waals surface area (Å²) in [7, 11) is 5.24. The van der Waals surface area contributed by atoms with E-state index in [0.717, 1.165) is 0 Å². The van der Waals surface area contributed by atoms with Gasteiger partial charge in [0.1, 0.15) is 0 Å². The van der Waals surface area contributed by atoms with Gasteiger partial charge in [0.15, 0.2) is 0 Å². The van der Waals surface area contributed by atoms with Gasteiger partial charge in [-0.25, -0.2) is 0 Å². The molecule has 0 aromatic heterocycles. The summed E-state index contributed by atoms with van der Waals surface area (Å²) in [6, 6.07) is 0. The average Bonchev–Trinajstić information content (AvgIpc) is 2.02. The third-order valence-electron chi connectivity index (χ3n) is 1.01. The molecule has 0 aliphatic rings. The van der Waals surface area contributed by atoms with Crippen LogP contribution < -0.4 is 0 Å². The van der Waals surface area contributed by atoms with Crippen LogP contribution in [0.4, 0.5) is 0 Å². The van der Waals surface area contributed by atoms with Crippen molar-refractivity contribution in [1.82, 2.24) is 0 Å². The second kappa shape index (κ2) is 9.41. The molecule has 50 valence electrons. The van der Waals surface area contributed by atoms with Crippen molar-refractivity contribution in [3.8, 4) is 0 Å². The van der Waals surface area contributed by atoms with Crippen LogP contribution in [0.25, 0.3) is 0 Å². The molecule has 0 bridgehead atoms. The van der Waals surface area contributed by atoms with E-state index >= 15 is 0 Å². The maximum atomic E-state index is 5.17. The van der Waals surface area contributed by atoms with E-state index in [9.17, 15) is 0 Å². The van der Waals surface area contributed by atoms with Gasteiger partial charge in [0.05, 0.1) is 0 Å². The summed E-state index contributed by atoms with van der Waals surface area (Å²) in [4.78, 5) is 0. The third-order valence-corrected chi connectivity index (χ3v) is 1.01. The van der Waals surface area contributed by atoms with Crippen molar-refractivity contribution in [3.05, 3.63) is 0 Å². The van der Waals surface area contributed by atoms with E-state index in [1.807, 2.05) is 47.3 Å². The quantitative estimate of drug-likeness (QED) is 0.392. The second-order valence-corrected chi connectivity index (χ2v) is 2.52. The van der Waals surface area contributed by atoms with Crippen LogP contribution in [0.5, 0.6) is 0 Å². The monoisotopic (exact) mass is 148 g/mol. The van der Waals surface area contributed by atoms with Crippen LogP contribution in [0.3, 0.4) is 0 Å². The van der Waals surface area contributed by atoms with Crippen LogP contribution in [-0.2, 0) is 4.65 Å². The molecule has 0 radical (unpaired) electrons. The molecular weight excluding hydrogens is 139 g/mol. The van der Waals surface area contributed by atoms with E-state index in [-0.39, 0.29) is 6.10 Å². The molecule has 0 saturated carbocycles. The number of rotatable bonds is 5. The van der Waals surface area contributed by atoms with E-state index in [0.29, 0.717) is 0 Å². The van der Waals surface area contributed by atoms with Crippen molar-refractivity contribution < 1.29 is 4.65 Å². The summed E-state index contributed by atoms with van der Waals surface area (Å²) in [5.41, 5.74) is 0. The second-order valence-electron chi connectivity index (χ2n) is 2.52. The van der Waals surface area contributed by atoms with E-state index in [1.165, 1.54) is 0 Å². The fourth-order valence-electron chi connectivity index (χ4n) is 0.519. The third kappa shape index (κ3) is 10.3. The number of hydrogen-bond acceptors (Lipinski definition) is 1. The molecule has 0 aliphatic heterocycles. The summed E-state index contributed by atoms with van der Waals surface area (Å²) < 4.78 is 5.17. The van der Waals surface area contributed by atoms with Crippen molar-refractivity contribution in [2.75, 3.05) is 0 Å². The van der Waals surface area contributed by atoms with E-state index in [4.69, 9.17) is 4.65 Å². The summed E-state index contributed by atoms with van der Waals surface area (Å²) in [5, 5.41) is 0. The summed E-state index contributed by atoms with van der Waals surface area (Å²) >= 11 is 0. The molecule has 0 aromatic rings. The predicted octanol–water partition coefficient (Wildman–Crippen LogP) is -2.44. The Morgan fingerprint density at radius 3 is 2.17 bits per heavy atom. The van der Waals surface area contributed by atoms with Gasteiger partial charge in [0.2, 0.25) is 0 Å². The Morgan fingerprint density at radius 1 is 1.00 bits per heavy atom. The minimum absolute atomic E-state index is 0.248. The molecular formula is C3H8B8O. The molecule has 0 fully saturated rings. The Hall–Kier alpha value is 0.319. The molecule has 0 spiro atoms. The van der Waals surface area contributed by atoms with Gasteiger partial charge in [0, 0.05) is 0 Å². The molecule has 0 aromatic carbocycles. The summed E-state index contributed by atoms with van der Waals surface area (Å²) in [6.07, 6.45) is 0.248. The van der Waals surface area contributed by atoms with Crippen molar-refractivity contribution in [3.63, 3.8) is 0 Å². The van der Waals surface area contributed by atoms with Crippen molar-refractivity contribution >= 4 is 54.5 Å². The topological polar surface area (TPSA) is 9.23 Å². The van der Waals surface area contributed by atoms with Gasteiger partial charge >= 0.3 is 79.1 Å². The first kappa shape index (κ1) is 12.3. The van der Waals surface area contributed by atoms with Gasteiger partial charge in [-0.05, 0) is 0 Å². The van der Waals surface area contributed by atoms with Gasteiger partial charge in [-0.15, -0.1) is 0 Å². The van der Waals surface area contributed by atoms with E-state index < -0.39 is 0 Å². The Bertz CT molecular complexity index is 194. The molecule has 0 N–H and O–H groups in total. The van der Waals surface area contributed by atoms with Crippen LogP contribution in [0.2, 0.25) is 0 Å². The molecule has 0 aliphatic carbocycles. The Kier molecular flexibility index (Phi) is 9.66. The Morgan fingerprint density at radius 2 is 1.58 bits per heavy atom. The van der Waals surface area contributed by atoms with Gasteiger partial charge < -0.3 is 0 Å². The SMILES string of the molecule is B=BB=BB=BB=BOC(C)C. The van der Waals surface area contributed by atoms with Crippen LogP contribution >= 0.6 is 0 Å². The zero-order chi connectivity index (χ0) is 9.23. The van der Waals surface area contributed by atoms with Crippen molar-refractivity contribution in [1.29, 1.82) is 0 Å². The predicted molar refractivity (Wildman–Crippen MR) is 63.6 cm³/mol. The molecule has 0 amide bonds. The average molecular weight is 147 g/mol. The van der Waals surface area contributed by atoms with Crippen LogP contribution in [0.15, 0.2) is 0 Å². The van der Waals surface area contributed by atoms with Gasteiger partial charge in [-0.2, -0.15) is 0 Å². The fraction of sp³-hybridized carbons (Fsp3) is 1.00. The zero-order valence-corrected chi connectivity index (χ0v) is 7.73. The van der Waals surface area contributed by atoms with Crippen LogP contribution in [-0.4, -0.2) is 60.6 Å². The normalized spacial score (nSPS) is 7.83. The molecule has 0 atom stereocenters. The molecule has 0 rings (SSSR count). The standard InChI is InChI=1S/C3H8B8O/c1-3(2)12-11-10-9-8-7-6-5-4/h3-4H,1-2H3. The maximum absolute atomic E-state index is 5.17. The van der Waals surface area contributed by atoms with E-state index in [2.05, 4.69) is 7.37 Å². The minimum atomic E-state index is 0.248. The first-order valence-corrected chi connectivity index (χ1v) is 4.03. The summed E-state index contributed by atoms with van der Waals surface area (Å²) in [5.74, 6) is 0. The molecule has 1 nitrogen and oxygen atoms in total. The van der Waals surface area contributed by atoms with Gasteiger partial charge in [-0.1, -0.05) is 0 Å². The van der Waals surface area contributed by atoms with Crippen molar-refractivity contribution in [2.45, 2.75) is 20.0 Å². The molecule has 9 heteroatoms. The molecule has 0 saturated heterocycles. The molecule has 12 heavy (non-hydrogen) atoms. The van der Waals surface area contributed by atoms with Gasteiger partial charge in [0.25, 0.3) is 0 Å². The number of hydrogen-bond donors (Lipinski definition) is 0.